The van der Waals surface area contributed by atoms with Gasteiger partial charge >= 0.3 is 5.97 Å². The quantitative estimate of drug-likeness (QED) is 0.882. The molecule has 0 saturated heterocycles. The molecule has 98 valence electrons. The molecule has 2 unspecified atom stereocenters. The molecule has 2 atom stereocenters. The molecular weight excluding hydrogens is 254 g/mol. The van der Waals surface area contributed by atoms with Crippen molar-refractivity contribution in [1.82, 2.24) is 0 Å². The second-order valence-electron chi connectivity index (χ2n) is 4.46. The van der Waals surface area contributed by atoms with Crippen LogP contribution in [0.4, 0.5) is 5.69 Å². The van der Waals surface area contributed by atoms with Crippen LogP contribution in [0.5, 0.6) is 0 Å². The van der Waals surface area contributed by atoms with Crippen LogP contribution in [0.1, 0.15) is 29.6 Å². The molecule has 5 heteroatoms. The maximum absolute atomic E-state index is 10.8. The third-order valence-corrected chi connectivity index (χ3v) is 3.62. The SMILES string of the molecule is COC1CCCC1Nc1ccc(C(=O)O)cc1Cl. The molecule has 0 amide bonds. The zero-order chi connectivity index (χ0) is 13.1. The van der Waals surface area contributed by atoms with E-state index in [4.69, 9.17) is 21.4 Å². The Kier molecular flexibility index (Phi) is 4.09. The van der Waals surface area contributed by atoms with Crippen molar-refractivity contribution in [3.05, 3.63) is 28.8 Å². The first-order chi connectivity index (χ1) is 8.61. The molecule has 2 N–H and O–H groups in total. The van der Waals surface area contributed by atoms with Crippen LogP contribution in [-0.4, -0.2) is 30.3 Å². The van der Waals surface area contributed by atoms with Gasteiger partial charge in [0.2, 0.25) is 0 Å². The number of carboxylic acids is 1. The molecule has 4 nitrogen and oxygen atoms in total. The zero-order valence-electron chi connectivity index (χ0n) is 10.1. The standard InChI is InChI=1S/C13H16ClNO3/c1-18-12-4-2-3-11(12)15-10-6-5-8(13(16)17)7-9(10)14/h5-7,11-12,15H,2-4H2,1H3,(H,16,17). The van der Waals surface area contributed by atoms with E-state index in [0.29, 0.717) is 5.02 Å². The van der Waals surface area contributed by atoms with Crippen molar-refractivity contribution < 1.29 is 14.6 Å². The molecule has 0 spiro atoms. The highest BCUT2D eigenvalue weighted by Gasteiger charge is 2.27. The smallest absolute Gasteiger partial charge is 0.335 e. The lowest BCUT2D eigenvalue weighted by molar-refractivity contribution is 0.0697. The van der Waals surface area contributed by atoms with Crippen LogP contribution >= 0.6 is 11.6 Å². The first-order valence-corrected chi connectivity index (χ1v) is 6.32. The van der Waals surface area contributed by atoms with E-state index in [1.165, 1.54) is 6.07 Å². The number of hydrogen-bond acceptors (Lipinski definition) is 3. The summed E-state index contributed by atoms with van der Waals surface area (Å²) in [5.41, 5.74) is 0.955. The fourth-order valence-corrected chi connectivity index (χ4v) is 2.57. The molecule has 1 saturated carbocycles. The highest BCUT2D eigenvalue weighted by Crippen LogP contribution is 2.29. The minimum atomic E-state index is -0.973. The average molecular weight is 270 g/mol. The minimum absolute atomic E-state index is 0.195. The van der Waals surface area contributed by atoms with Crippen molar-refractivity contribution in [3.8, 4) is 0 Å². The largest absolute Gasteiger partial charge is 0.478 e. The van der Waals surface area contributed by atoms with E-state index in [1.807, 2.05) is 0 Å². The van der Waals surface area contributed by atoms with Gasteiger partial charge in [0.05, 0.1) is 28.4 Å². The number of halogens is 1. The maximum Gasteiger partial charge on any atom is 0.335 e. The Morgan fingerprint density at radius 3 is 2.89 bits per heavy atom. The summed E-state index contributed by atoms with van der Waals surface area (Å²) in [4.78, 5) is 10.8. The summed E-state index contributed by atoms with van der Waals surface area (Å²) in [6.07, 6.45) is 3.40. The minimum Gasteiger partial charge on any atom is -0.478 e. The Morgan fingerprint density at radius 2 is 2.28 bits per heavy atom. The number of rotatable bonds is 4. The van der Waals surface area contributed by atoms with E-state index in [2.05, 4.69) is 5.32 Å². The molecule has 0 bridgehead atoms. The molecule has 1 aromatic carbocycles. The van der Waals surface area contributed by atoms with Gasteiger partial charge in [0.15, 0.2) is 0 Å². The lowest BCUT2D eigenvalue weighted by Crippen LogP contribution is -2.29. The summed E-state index contributed by atoms with van der Waals surface area (Å²) in [6.45, 7) is 0. The molecule has 1 aromatic rings. The Labute approximate surface area is 111 Å². The first kappa shape index (κ1) is 13.2. The van der Waals surface area contributed by atoms with E-state index in [0.717, 1.165) is 24.9 Å². The van der Waals surface area contributed by atoms with E-state index >= 15 is 0 Å². The predicted molar refractivity (Wildman–Crippen MR) is 70.5 cm³/mol. The number of nitrogens with one attached hydrogen (secondary N) is 1. The second-order valence-corrected chi connectivity index (χ2v) is 4.86. The van der Waals surface area contributed by atoms with Crippen LogP contribution in [0.15, 0.2) is 18.2 Å². The van der Waals surface area contributed by atoms with Crippen LogP contribution in [-0.2, 0) is 4.74 Å². The van der Waals surface area contributed by atoms with Crippen LogP contribution in [0, 0.1) is 0 Å². The van der Waals surface area contributed by atoms with Gasteiger partial charge in [-0.2, -0.15) is 0 Å². The third kappa shape index (κ3) is 2.76. The van der Waals surface area contributed by atoms with Crippen LogP contribution in [0.2, 0.25) is 5.02 Å². The summed E-state index contributed by atoms with van der Waals surface area (Å²) in [7, 11) is 1.71. The predicted octanol–water partition coefficient (Wildman–Crippen LogP) is 3.02. The number of carbonyl (C=O) groups is 1. The fourth-order valence-electron chi connectivity index (χ4n) is 2.34. The van der Waals surface area contributed by atoms with Gasteiger partial charge in [0.25, 0.3) is 0 Å². The Morgan fingerprint density at radius 1 is 1.50 bits per heavy atom. The van der Waals surface area contributed by atoms with Crippen molar-refractivity contribution in [2.45, 2.75) is 31.4 Å². The Hall–Kier alpha value is -1.26. The summed E-state index contributed by atoms with van der Waals surface area (Å²) in [5.74, 6) is -0.973. The monoisotopic (exact) mass is 269 g/mol. The average Bonchev–Trinajstić information content (AvgIpc) is 2.78. The number of anilines is 1. The highest BCUT2D eigenvalue weighted by atomic mass is 35.5. The zero-order valence-corrected chi connectivity index (χ0v) is 10.9. The molecule has 1 aliphatic carbocycles. The van der Waals surface area contributed by atoms with Crippen molar-refractivity contribution in [2.75, 3.05) is 12.4 Å². The summed E-state index contributed by atoms with van der Waals surface area (Å²) >= 11 is 6.08. The van der Waals surface area contributed by atoms with Gasteiger partial charge in [0.1, 0.15) is 0 Å². The number of aromatic carboxylic acids is 1. The Bertz CT molecular complexity index is 450. The van der Waals surface area contributed by atoms with Gasteiger partial charge in [-0.1, -0.05) is 11.6 Å². The summed E-state index contributed by atoms with van der Waals surface area (Å²) < 4.78 is 5.40. The highest BCUT2D eigenvalue weighted by molar-refractivity contribution is 6.33. The topological polar surface area (TPSA) is 58.6 Å². The molecule has 0 heterocycles. The molecule has 1 aliphatic rings. The molecule has 1 fully saturated rings. The van der Waals surface area contributed by atoms with E-state index in [-0.39, 0.29) is 17.7 Å². The first-order valence-electron chi connectivity index (χ1n) is 5.94. The van der Waals surface area contributed by atoms with Crippen molar-refractivity contribution in [2.24, 2.45) is 0 Å². The van der Waals surface area contributed by atoms with Crippen molar-refractivity contribution >= 4 is 23.3 Å². The summed E-state index contributed by atoms with van der Waals surface area (Å²) in [6, 6.07) is 4.95. The normalized spacial score (nSPS) is 23.0. The van der Waals surface area contributed by atoms with Crippen molar-refractivity contribution in [1.29, 1.82) is 0 Å². The van der Waals surface area contributed by atoms with Gasteiger partial charge in [-0.25, -0.2) is 4.79 Å². The van der Waals surface area contributed by atoms with Crippen molar-refractivity contribution in [3.63, 3.8) is 0 Å². The van der Waals surface area contributed by atoms with Crippen LogP contribution < -0.4 is 5.32 Å². The molecule has 0 radical (unpaired) electrons. The lowest BCUT2D eigenvalue weighted by atomic mass is 10.1. The number of methoxy groups -OCH3 is 1. The van der Waals surface area contributed by atoms with E-state index in [9.17, 15) is 4.79 Å². The van der Waals surface area contributed by atoms with Gasteiger partial charge in [-0.05, 0) is 37.5 Å². The lowest BCUT2D eigenvalue weighted by Gasteiger charge is -2.21. The van der Waals surface area contributed by atoms with Gasteiger partial charge < -0.3 is 15.2 Å². The number of benzene rings is 1. The number of ether oxygens (including phenoxy) is 1. The van der Waals surface area contributed by atoms with Crippen LogP contribution in [0.25, 0.3) is 0 Å². The molecule has 0 aliphatic heterocycles. The van der Waals surface area contributed by atoms with E-state index in [1.54, 1.807) is 19.2 Å². The second kappa shape index (κ2) is 5.59. The third-order valence-electron chi connectivity index (χ3n) is 3.31. The Balaban J connectivity index is 2.12. The molecule has 18 heavy (non-hydrogen) atoms. The molecule has 2 rings (SSSR count). The van der Waals surface area contributed by atoms with Gasteiger partial charge in [-0.15, -0.1) is 0 Å². The van der Waals surface area contributed by atoms with Gasteiger partial charge in [0, 0.05) is 7.11 Å². The maximum atomic E-state index is 10.8. The van der Waals surface area contributed by atoms with E-state index < -0.39 is 5.97 Å². The number of carboxylic acid groups (broad SMARTS) is 1. The number of hydrogen-bond donors (Lipinski definition) is 2. The summed E-state index contributed by atoms with van der Waals surface area (Å²) in [5, 5.41) is 12.6. The van der Waals surface area contributed by atoms with Gasteiger partial charge in [-0.3, -0.25) is 0 Å². The molecule has 0 aromatic heterocycles. The van der Waals surface area contributed by atoms with Crippen LogP contribution in [0.3, 0.4) is 0 Å². The molecular formula is C13H16ClNO3. The fraction of sp³-hybridized carbons (Fsp3) is 0.462.